The Balaban J connectivity index is 1.44. The molecular weight excluding hydrogens is 384 g/mol. The summed E-state index contributed by atoms with van der Waals surface area (Å²) in [5.41, 5.74) is 0.775. The van der Waals surface area contributed by atoms with E-state index in [0.29, 0.717) is 12.3 Å². The highest BCUT2D eigenvalue weighted by atomic mass is 17.2. The van der Waals surface area contributed by atoms with Crippen LogP contribution in [-0.2, 0) is 9.78 Å². The lowest BCUT2D eigenvalue weighted by Crippen LogP contribution is -2.69. The Morgan fingerprint density at radius 2 is 1.81 bits per heavy atom. The van der Waals surface area contributed by atoms with Gasteiger partial charge in [0, 0.05) is 17.8 Å². The number of fused-ring (bicyclic) bond motifs is 2. The molecule has 3 fully saturated rings. The maximum absolute atomic E-state index is 10.4. The summed E-state index contributed by atoms with van der Waals surface area (Å²) >= 11 is 0. The highest BCUT2D eigenvalue weighted by molar-refractivity contribution is 5.48. The largest absolute Gasteiger partial charge is 0.393 e. The minimum absolute atomic E-state index is 0.0586. The number of allylic oxidation sites excluding steroid dienone is 1. The summed E-state index contributed by atoms with van der Waals surface area (Å²) in [5.74, 6) is 3.55. The zero-order valence-corrected chi connectivity index (χ0v) is 20.6. The third-order valence-electron chi connectivity index (χ3n) is 11.0. The van der Waals surface area contributed by atoms with Crippen LogP contribution in [0.3, 0.4) is 0 Å². The van der Waals surface area contributed by atoms with Gasteiger partial charge in [-0.2, -0.15) is 0 Å². The second-order valence-corrected chi connectivity index (χ2v) is 12.8. The minimum Gasteiger partial charge on any atom is -0.393 e. The molecule has 0 unspecified atom stereocenters. The molecule has 174 valence electrons. The molecule has 1 saturated heterocycles. The first-order valence-corrected chi connectivity index (χ1v) is 13.0. The molecule has 4 aliphatic carbocycles. The summed E-state index contributed by atoms with van der Waals surface area (Å²) in [5, 5.41) is 10.4. The number of aliphatic hydroxyl groups excluding tert-OH is 1. The van der Waals surface area contributed by atoms with Gasteiger partial charge >= 0.3 is 0 Å². The fourth-order valence-electron chi connectivity index (χ4n) is 8.43. The Hall–Kier alpha value is -0.640. The molecule has 2 bridgehead atoms. The Labute approximate surface area is 189 Å². The van der Waals surface area contributed by atoms with Crippen molar-refractivity contribution in [2.24, 2.45) is 40.4 Å². The van der Waals surface area contributed by atoms with Crippen molar-refractivity contribution in [2.45, 2.75) is 110 Å². The van der Waals surface area contributed by atoms with Gasteiger partial charge in [0.2, 0.25) is 0 Å². The van der Waals surface area contributed by atoms with E-state index < -0.39 is 11.2 Å². The second-order valence-electron chi connectivity index (χ2n) is 12.8. The molecule has 0 aromatic heterocycles. The standard InChI is InChI=1S/C28H44O3/c1-18(2)19(3)7-8-20(4)22-9-10-23-25(22,5)13-12-24-26(6)14-11-21(29)17-27(26)15-16-28(23,24)31-30-27/h12,15-16,18-23,29H,7-11,13-14,17H2,1-6H3/t19-,20-,21+,22-,23-,25-,26-,27-,28+/m1/s1. The maximum Gasteiger partial charge on any atom is 0.147 e. The molecule has 0 radical (unpaired) electrons. The van der Waals surface area contributed by atoms with Crippen LogP contribution in [0.2, 0.25) is 0 Å². The maximum atomic E-state index is 10.4. The van der Waals surface area contributed by atoms with Crippen molar-refractivity contribution in [3.05, 3.63) is 23.8 Å². The average Bonchev–Trinajstić information content (AvgIpc) is 3.09. The van der Waals surface area contributed by atoms with Gasteiger partial charge in [0.05, 0.1) is 6.10 Å². The van der Waals surface area contributed by atoms with E-state index in [9.17, 15) is 5.11 Å². The van der Waals surface area contributed by atoms with Crippen molar-refractivity contribution in [3.63, 3.8) is 0 Å². The molecule has 0 aromatic carbocycles. The number of hydrogen-bond donors (Lipinski definition) is 1. The molecule has 31 heavy (non-hydrogen) atoms. The van der Waals surface area contributed by atoms with Crippen molar-refractivity contribution < 1.29 is 14.9 Å². The molecule has 1 N–H and O–H groups in total. The summed E-state index contributed by atoms with van der Waals surface area (Å²) in [6, 6.07) is 0. The van der Waals surface area contributed by atoms with Crippen LogP contribution in [0.25, 0.3) is 0 Å². The molecule has 3 nitrogen and oxygen atoms in total. The topological polar surface area (TPSA) is 38.7 Å². The lowest BCUT2D eigenvalue weighted by atomic mass is 9.46. The van der Waals surface area contributed by atoms with Crippen molar-refractivity contribution in [1.82, 2.24) is 0 Å². The van der Waals surface area contributed by atoms with E-state index in [-0.39, 0.29) is 16.9 Å². The van der Waals surface area contributed by atoms with Crippen LogP contribution in [0.1, 0.15) is 92.9 Å². The lowest BCUT2D eigenvalue weighted by Gasteiger charge is -2.66. The zero-order valence-electron chi connectivity index (χ0n) is 20.6. The smallest absolute Gasteiger partial charge is 0.147 e. The molecule has 6 aliphatic rings. The number of hydrogen-bond acceptors (Lipinski definition) is 3. The molecule has 0 amide bonds. The molecular formula is C28H44O3. The lowest BCUT2D eigenvalue weighted by molar-refractivity contribution is -0.455. The molecule has 2 saturated carbocycles. The highest BCUT2D eigenvalue weighted by Crippen LogP contribution is 2.71. The van der Waals surface area contributed by atoms with Gasteiger partial charge in [0.1, 0.15) is 11.2 Å². The van der Waals surface area contributed by atoms with Crippen LogP contribution in [0.4, 0.5) is 0 Å². The van der Waals surface area contributed by atoms with Gasteiger partial charge in [-0.1, -0.05) is 60.5 Å². The van der Waals surface area contributed by atoms with Gasteiger partial charge in [0.15, 0.2) is 0 Å². The van der Waals surface area contributed by atoms with Crippen LogP contribution in [-0.4, -0.2) is 22.4 Å². The van der Waals surface area contributed by atoms with Crippen LogP contribution in [0.5, 0.6) is 0 Å². The summed E-state index contributed by atoms with van der Waals surface area (Å²) in [6.45, 7) is 14.5. The van der Waals surface area contributed by atoms with E-state index >= 15 is 0 Å². The van der Waals surface area contributed by atoms with E-state index in [0.717, 1.165) is 42.9 Å². The first kappa shape index (κ1) is 22.2. The molecule has 2 aliphatic heterocycles. The van der Waals surface area contributed by atoms with Gasteiger partial charge in [-0.25, -0.2) is 9.78 Å². The predicted octanol–water partition coefficient (Wildman–Crippen LogP) is 6.62. The van der Waals surface area contributed by atoms with E-state index in [4.69, 9.17) is 9.78 Å². The number of aliphatic hydroxyl groups is 1. The zero-order chi connectivity index (χ0) is 22.2. The summed E-state index contributed by atoms with van der Waals surface area (Å²) in [6.07, 6.45) is 15.7. The van der Waals surface area contributed by atoms with Crippen LogP contribution < -0.4 is 0 Å². The molecule has 6 rings (SSSR count). The fourth-order valence-corrected chi connectivity index (χ4v) is 8.43. The second kappa shape index (κ2) is 7.18. The molecule has 2 spiro atoms. The Morgan fingerprint density at radius 1 is 1.03 bits per heavy atom. The molecule has 2 heterocycles. The third kappa shape index (κ3) is 2.88. The van der Waals surface area contributed by atoms with Crippen molar-refractivity contribution >= 4 is 0 Å². The highest BCUT2D eigenvalue weighted by Gasteiger charge is 2.71. The van der Waals surface area contributed by atoms with E-state index in [1.54, 1.807) is 0 Å². The monoisotopic (exact) mass is 428 g/mol. The Bertz CT molecular complexity index is 785. The van der Waals surface area contributed by atoms with Crippen LogP contribution >= 0.6 is 0 Å². The minimum atomic E-state index is -0.496. The quantitative estimate of drug-likeness (QED) is 0.395. The fraction of sp³-hybridized carbons (Fsp3) is 0.857. The van der Waals surface area contributed by atoms with Crippen molar-refractivity contribution in [2.75, 3.05) is 0 Å². The number of rotatable bonds is 5. The average molecular weight is 429 g/mol. The van der Waals surface area contributed by atoms with Crippen molar-refractivity contribution in [1.29, 1.82) is 0 Å². The van der Waals surface area contributed by atoms with E-state index in [1.165, 1.54) is 31.3 Å². The summed E-state index contributed by atoms with van der Waals surface area (Å²) in [7, 11) is 0. The van der Waals surface area contributed by atoms with Gasteiger partial charge in [-0.3, -0.25) is 0 Å². The molecule has 0 aromatic rings. The summed E-state index contributed by atoms with van der Waals surface area (Å²) < 4.78 is 0. The van der Waals surface area contributed by atoms with Gasteiger partial charge in [-0.15, -0.1) is 0 Å². The van der Waals surface area contributed by atoms with Crippen LogP contribution in [0.15, 0.2) is 23.8 Å². The van der Waals surface area contributed by atoms with E-state index in [1.807, 2.05) is 0 Å². The molecule has 3 heteroatoms. The predicted molar refractivity (Wildman–Crippen MR) is 124 cm³/mol. The third-order valence-corrected chi connectivity index (χ3v) is 11.0. The van der Waals surface area contributed by atoms with Gasteiger partial charge in [0.25, 0.3) is 0 Å². The van der Waals surface area contributed by atoms with Gasteiger partial charge < -0.3 is 5.11 Å². The first-order valence-electron chi connectivity index (χ1n) is 13.0. The molecule has 9 atom stereocenters. The van der Waals surface area contributed by atoms with Crippen molar-refractivity contribution in [3.8, 4) is 0 Å². The van der Waals surface area contributed by atoms with Crippen LogP contribution in [0, 0.1) is 40.4 Å². The Kier molecular flexibility index (Phi) is 5.13. The first-order chi connectivity index (χ1) is 14.6. The Morgan fingerprint density at radius 3 is 2.48 bits per heavy atom. The van der Waals surface area contributed by atoms with Gasteiger partial charge in [-0.05, 0) is 78.9 Å². The van der Waals surface area contributed by atoms with E-state index in [2.05, 4.69) is 59.8 Å². The summed E-state index contributed by atoms with van der Waals surface area (Å²) in [4.78, 5) is 12.7. The normalized spacial score (nSPS) is 49.9. The SMILES string of the molecule is CC(C)[C@H](C)CC[C@@H](C)[C@H]1CC[C@@H]2[C@]1(C)CC=C1[C@]23C=C[C@]2(C[C@@H](O)CC[C@]12C)OO3.